The summed E-state index contributed by atoms with van der Waals surface area (Å²) in [6, 6.07) is 1.99. The quantitative estimate of drug-likeness (QED) is 0.365. The average molecular weight is 342 g/mol. The van der Waals surface area contributed by atoms with Crippen molar-refractivity contribution in [2.24, 2.45) is 5.73 Å². The van der Waals surface area contributed by atoms with Crippen molar-refractivity contribution in [2.45, 2.75) is 53.9 Å². The van der Waals surface area contributed by atoms with Crippen LogP contribution in [0.15, 0.2) is 36.5 Å². The molecule has 0 saturated carbocycles. The molecule has 0 unspecified atom stereocenters. The summed E-state index contributed by atoms with van der Waals surface area (Å²) < 4.78 is 0. The molecule has 1 aliphatic heterocycles. The van der Waals surface area contributed by atoms with Gasteiger partial charge in [-0.1, -0.05) is 53.0 Å². The Morgan fingerprint density at radius 3 is 1.48 bits per heavy atom. The Hall–Kier alpha value is -0.900. The molecule has 1 heterocycles. The maximum absolute atomic E-state index is 8.40. The predicted molar refractivity (Wildman–Crippen MR) is 114 cm³/mol. The van der Waals surface area contributed by atoms with Crippen molar-refractivity contribution < 1.29 is 0 Å². The molecule has 23 heavy (non-hydrogen) atoms. The van der Waals surface area contributed by atoms with Gasteiger partial charge in [-0.05, 0) is 38.8 Å². The summed E-state index contributed by atoms with van der Waals surface area (Å²) in [5.41, 5.74) is 5.96. The average Bonchev–Trinajstić information content (AvgIpc) is 2.61. The molecule has 1 fully saturated rings. The van der Waals surface area contributed by atoms with E-state index in [2.05, 4.69) is 32.2 Å². The molecule has 1 rings (SSSR count). The van der Waals surface area contributed by atoms with Gasteiger partial charge in [-0.3, -0.25) is 0 Å². The van der Waals surface area contributed by atoms with E-state index in [0.29, 0.717) is 5.57 Å². The van der Waals surface area contributed by atoms with Crippen molar-refractivity contribution in [3.05, 3.63) is 36.5 Å². The zero-order valence-electron chi connectivity index (χ0n) is 17.1. The number of rotatable bonds is 2. The number of nitrogens with two attached hydrogens (primary N) is 1. The molecule has 0 aromatic heterocycles. The molecule has 0 aromatic rings. The van der Waals surface area contributed by atoms with Gasteiger partial charge in [0.2, 0.25) is 0 Å². The molecule has 3 heteroatoms. The molecule has 0 aliphatic carbocycles. The van der Waals surface area contributed by atoms with Crippen LogP contribution in [0.2, 0.25) is 0 Å². The summed E-state index contributed by atoms with van der Waals surface area (Å²) in [7, 11) is 1.16. The van der Waals surface area contributed by atoms with Crippen molar-refractivity contribution in [3.63, 3.8) is 0 Å². The van der Waals surface area contributed by atoms with Gasteiger partial charge in [-0.25, -0.2) is 0 Å². The molecular formula is C20H42N2P+. The summed E-state index contributed by atoms with van der Waals surface area (Å²) in [6.45, 7) is 21.8. The highest BCUT2D eigenvalue weighted by atomic mass is 31.2. The molecule has 0 bridgehead atoms. The van der Waals surface area contributed by atoms with Gasteiger partial charge in [0.05, 0.1) is 24.0 Å². The van der Waals surface area contributed by atoms with Crippen LogP contribution < -0.4 is 5.73 Å². The Kier molecular flexibility index (Phi) is 30.5. The van der Waals surface area contributed by atoms with Gasteiger partial charge in [-0.15, -0.1) is 0 Å². The second-order valence-corrected chi connectivity index (χ2v) is 9.83. The summed E-state index contributed by atoms with van der Waals surface area (Å²) in [5.74, 6) is 0. The van der Waals surface area contributed by atoms with Crippen LogP contribution in [0.4, 0.5) is 0 Å². The van der Waals surface area contributed by atoms with E-state index in [4.69, 9.17) is 5.26 Å². The van der Waals surface area contributed by atoms with Crippen LogP contribution in [0.1, 0.15) is 53.9 Å². The van der Waals surface area contributed by atoms with Gasteiger partial charge in [0.15, 0.2) is 0 Å². The minimum Gasteiger partial charge on any atom is -0.333 e. The van der Waals surface area contributed by atoms with E-state index < -0.39 is 0 Å². The minimum absolute atomic E-state index is 0.337. The van der Waals surface area contributed by atoms with E-state index in [-0.39, 0.29) is 7.26 Å². The molecule has 0 aromatic carbocycles. The van der Waals surface area contributed by atoms with Crippen LogP contribution in [-0.2, 0) is 0 Å². The van der Waals surface area contributed by atoms with Crippen LogP contribution in [0.25, 0.3) is 0 Å². The summed E-state index contributed by atoms with van der Waals surface area (Å²) in [6.07, 6.45) is 10.8. The first-order chi connectivity index (χ1) is 11.0. The number of nitrogens with zero attached hydrogens (tertiary/aromatic N) is 1. The Bertz CT molecular complexity index is 328. The van der Waals surface area contributed by atoms with E-state index in [9.17, 15) is 0 Å². The van der Waals surface area contributed by atoms with Gasteiger partial charge in [0, 0.05) is 20.6 Å². The van der Waals surface area contributed by atoms with Crippen LogP contribution in [0.5, 0.6) is 0 Å². The first-order valence-corrected chi connectivity index (χ1v) is 11.8. The lowest BCUT2D eigenvalue weighted by atomic mass is 10.1. The number of hydrogen-bond donors (Lipinski definition) is 1. The van der Waals surface area contributed by atoms with Crippen LogP contribution in [0, 0.1) is 11.3 Å². The molecule has 1 saturated heterocycles. The zero-order valence-corrected chi connectivity index (χ0v) is 18.0. The lowest BCUT2D eigenvalue weighted by Gasteiger charge is -2.21. The first-order valence-electron chi connectivity index (χ1n) is 8.72. The van der Waals surface area contributed by atoms with Crippen molar-refractivity contribution in [3.8, 4) is 6.07 Å². The summed E-state index contributed by atoms with van der Waals surface area (Å²) >= 11 is 0. The van der Waals surface area contributed by atoms with E-state index in [0.717, 1.165) is 5.57 Å². The maximum atomic E-state index is 8.40. The van der Waals surface area contributed by atoms with Crippen molar-refractivity contribution in [1.82, 2.24) is 0 Å². The molecule has 0 amide bonds. The molecule has 1 aliphatic rings. The van der Waals surface area contributed by atoms with Crippen molar-refractivity contribution in [1.29, 1.82) is 5.26 Å². The standard InChI is InChI=1S/C8H9N.C7H16P.2C2H6.CH5N/c1-4-7(3)8(5-2)6-9;1-8(2)6-4-3-5-7-8;3*1-2/h4-5H,1-2H2,3H3;3-7H2,1-2H3;2*1-2H3;2H2,1H3/q;+1;;;/b8-7+;;;;. The number of allylic oxidation sites excluding steroid dienone is 4. The van der Waals surface area contributed by atoms with E-state index in [1.165, 1.54) is 32.4 Å². The normalized spacial score (nSPS) is 14.8. The second-order valence-electron chi connectivity index (χ2n) is 5.06. The van der Waals surface area contributed by atoms with Gasteiger partial charge < -0.3 is 5.73 Å². The molecule has 0 radical (unpaired) electrons. The third-order valence-electron chi connectivity index (χ3n) is 3.08. The maximum Gasteiger partial charge on any atom is 0.0994 e. The molecule has 0 atom stereocenters. The largest absolute Gasteiger partial charge is 0.333 e. The monoisotopic (exact) mass is 341 g/mol. The van der Waals surface area contributed by atoms with E-state index in [1.807, 2.05) is 40.7 Å². The Morgan fingerprint density at radius 2 is 1.35 bits per heavy atom. The predicted octanol–water partition coefficient (Wildman–Crippen LogP) is 6.27. The smallest absolute Gasteiger partial charge is 0.0994 e. The fourth-order valence-electron chi connectivity index (χ4n) is 1.77. The Labute approximate surface area is 147 Å². The summed E-state index contributed by atoms with van der Waals surface area (Å²) in [5, 5.41) is 8.40. The molecule has 136 valence electrons. The highest BCUT2D eigenvalue weighted by Gasteiger charge is 2.26. The lowest BCUT2D eigenvalue weighted by Crippen LogP contribution is -2.06. The van der Waals surface area contributed by atoms with Crippen molar-refractivity contribution in [2.75, 3.05) is 32.7 Å². The topological polar surface area (TPSA) is 49.8 Å². The SMILES string of the molecule is C=C/C(C)=C(/C#N)C=C.CC.CC.CN.C[P+]1(C)CCCCC1. The minimum atomic E-state index is -0.337. The first kappa shape index (κ1) is 30.0. The third kappa shape index (κ3) is 21.1. The Morgan fingerprint density at radius 1 is 0.957 bits per heavy atom. The highest BCUT2D eigenvalue weighted by molar-refractivity contribution is 7.74. The molecule has 0 spiro atoms. The fourth-order valence-corrected chi connectivity index (χ4v) is 4.16. The lowest BCUT2D eigenvalue weighted by molar-refractivity contribution is 0.748. The van der Waals surface area contributed by atoms with Gasteiger partial charge in [-0.2, -0.15) is 5.26 Å². The number of nitriles is 1. The van der Waals surface area contributed by atoms with Crippen LogP contribution in [0.3, 0.4) is 0 Å². The van der Waals surface area contributed by atoms with Gasteiger partial charge in [0.25, 0.3) is 0 Å². The fraction of sp³-hybridized carbons (Fsp3) is 0.650. The molecule has 2 nitrogen and oxygen atoms in total. The number of hydrogen-bond acceptors (Lipinski definition) is 2. The summed E-state index contributed by atoms with van der Waals surface area (Å²) in [4.78, 5) is 0. The second kappa shape index (κ2) is 23.4. The van der Waals surface area contributed by atoms with Crippen LogP contribution in [-0.4, -0.2) is 32.7 Å². The van der Waals surface area contributed by atoms with Gasteiger partial charge >= 0.3 is 0 Å². The van der Waals surface area contributed by atoms with Crippen molar-refractivity contribution >= 4 is 7.26 Å². The zero-order chi connectivity index (χ0) is 19.3. The van der Waals surface area contributed by atoms with E-state index in [1.54, 1.807) is 18.4 Å². The molecule has 2 N–H and O–H groups in total. The van der Waals surface area contributed by atoms with E-state index >= 15 is 0 Å². The third-order valence-corrected chi connectivity index (χ3v) is 6.14. The van der Waals surface area contributed by atoms with Crippen LogP contribution >= 0.6 is 7.26 Å². The highest BCUT2D eigenvalue weighted by Crippen LogP contribution is 2.54. The van der Waals surface area contributed by atoms with Gasteiger partial charge in [0.1, 0.15) is 0 Å². The molecular weight excluding hydrogens is 299 g/mol. The Balaban J connectivity index is -0.000000119.